The number of aryl methyl sites for hydroxylation is 1. The van der Waals surface area contributed by atoms with Gasteiger partial charge in [-0.25, -0.2) is 4.98 Å². The molecule has 0 bridgehead atoms. The number of esters is 1. The molecule has 0 spiro atoms. The summed E-state index contributed by atoms with van der Waals surface area (Å²) in [6.07, 6.45) is 1.71. The van der Waals surface area contributed by atoms with Gasteiger partial charge in [-0.1, -0.05) is 0 Å². The first-order valence-electron chi connectivity index (χ1n) is 4.45. The molecule has 5 heteroatoms. The smallest absolute Gasteiger partial charge is 0.325 e. The second kappa shape index (κ2) is 5.11. The Kier molecular flexibility index (Phi) is 4.08. The fourth-order valence-corrected chi connectivity index (χ4v) is 1.66. The van der Waals surface area contributed by atoms with E-state index in [0.29, 0.717) is 0 Å². The maximum Gasteiger partial charge on any atom is 0.325 e. The van der Waals surface area contributed by atoms with E-state index in [1.165, 1.54) is 7.11 Å². The number of carbonyl (C=O) groups is 1. The first kappa shape index (κ1) is 12.0. The Labute approximate surface area is 97.4 Å². The van der Waals surface area contributed by atoms with Crippen LogP contribution in [-0.4, -0.2) is 31.7 Å². The maximum atomic E-state index is 11.1. The molecule has 1 aromatic heterocycles. The van der Waals surface area contributed by atoms with Gasteiger partial charge in [-0.3, -0.25) is 4.79 Å². The Bertz CT molecular complexity index is 368. The third-order valence-electron chi connectivity index (χ3n) is 2.02. The fourth-order valence-electron chi connectivity index (χ4n) is 1.13. The zero-order valence-corrected chi connectivity index (χ0v) is 10.5. The van der Waals surface area contributed by atoms with Crippen LogP contribution in [0, 0.1) is 6.92 Å². The highest BCUT2D eigenvalue weighted by Crippen LogP contribution is 2.25. The van der Waals surface area contributed by atoms with E-state index in [1.807, 2.05) is 13.0 Å². The first-order chi connectivity index (χ1) is 7.06. The monoisotopic (exact) mass is 272 g/mol. The van der Waals surface area contributed by atoms with Gasteiger partial charge in [0.25, 0.3) is 0 Å². The quantitative estimate of drug-likeness (QED) is 0.787. The van der Waals surface area contributed by atoms with Crippen LogP contribution < -0.4 is 4.90 Å². The molecule has 82 valence electrons. The van der Waals surface area contributed by atoms with E-state index in [4.69, 9.17) is 0 Å². The highest BCUT2D eigenvalue weighted by molar-refractivity contribution is 9.10. The molecular weight excluding hydrogens is 260 g/mol. The highest BCUT2D eigenvalue weighted by Gasteiger charge is 2.12. The Morgan fingerprint density at radius 2 is 2.33 bits per heavy atom. The van der Waals surface area contributed by atoms with Crippen LogP contribution >= 0.6 is 15.9 Å². The predicted octanol–water partition coefficient (Wildman–Crippen LogP) is 1.76. The second-order valence-electron chi connectivity index (χ2n) is 3.20. The molecule has 0 aliphatic heterocycles. The number of methoxy groups -OCH3 is 1. The van der Waals surface area contributed by atoms with Gasteiger partial charge in [-0.05, 0) is 34.5 Å². The Morgan fingerprint density at radius 3 is 2.93 bits per heavy atom. The zero-order valence-electron chi connectivity index (χ0n) is 8.95. The minimum absolute atomic E-state index is 0.186. The van der Waals surface area contributed by atoms with Gasteiger partial charge in [-0.2, -0.15) is 0 Å². The molecule has 0 saturated carbocycles. The van der Waals surface area contributed by atoms with E-state index in [-0.39, 0.29) is 12.5 Å². The van der Waals surface area contributed by atoms with Crippen molar-refractivity contribution in [1.29, 1.82) is 0 Å². The summed E-state index contributed by atoms with van der Waals surface area (Å²) in [4.78, 5) is 17.0. The van der Waals surface area contributed by atoms with Crippen LogP contribution in [0.3, 0.4) is 0 Å². The van der Waals surface area contributed by atoms with Crippen LogP contribution in [0.2, 0.25) is 0 Å². The Balaban J connectivity index is 2.86. The molecule has 0 N–H and O–H groups in total. The van der Waals surface area contributed by atoms with Crippen molar-refractivity contribution in [2.45, 2.75) is 6.92 Å². The lowest BCUT2D eigenvalue weighted by Crippen LogP contribution is -2.27. The van der Waals surface area contributed by atoms with Gasteiger partial charge in [0, 0.05) is 13.2 Å². The summed E-state index contributed by atoms with van der Waals surface area (Å²) in [5.41, 5.74) is 1.08. The van der Waals surface area contributed by atoms with E-state index in [2.05, 4.69) is 25.7 Å². The van der Waals surface area contributed by atoms with Crippen molar-refractivity contribution in [2.24, 2.45) is 0 Å². The third-order valence-corrected chi connectivity index (χ3v) is 3.00. The van der Waals surface area contributed by atoms with Crippen LogP contribution in [0.4, 0.5) is 5.82 Å². The lowest BCUT2D eigenvalue weighted by Gasteiger charge is -2.18. The molecule has 1 aromatic rings. The standard InChI is InChI=1S/C10H13BrN2O2/c1-7-4-5-12-10(9(7)11)13(2)6-8(14)15-3/h4-5H,6H2,1-3H3. The first-order valence-corrected chi connectivity index (χ1v) is 5.24. The lowest BCUT2D eigenvalue weighted by atomic mass is 10.3. The number of carbonyl (C=O) groups excluding carboxylic acids is 1. The zero-order chi connectivity index (χ0) is 11.4. The molecule has 0 aliphatic rings. The van der Waals surface area contributed by atoms with E-state index >= 15 is 0 Å². The molecule has 0 saturated heterocycles. The Hall–Kier alpha value is -1.10. The number of likely N-dealkylation sites (N-methyl/N-ethyl adjacent to an activating group) is 1. The predicted molar refractivity (Wildman–Crippen MR) is 62.0 cm³/mol. The van der Waals surface area contributed by atoms with Crippen molar-refractivity contribution in [2.75, 3.05) is 25.6 Å². The molecule has 0 aliphatic carbocycles. The average Bonchev–Trinajstić information content (AvgIpc) is 2.21. The van der Waals surface area contributed by atoms with E-state index in [1.54, 1.807) is 18.1 Å². The summed E-state index contributed by atoms with van der Waals surface area (Å²) in [6, 6.07) is 1.90. The molecule has 1 rings (SSSR count). The van der Waals surface area contributed by atoms with E-state index in [9.17, 15) is 4.79 Å². The van der Waals surface area contributed by atoms with Gasteiger partial charge in [0.1, 0.15) is 12.4 Å². The van der Waals surface area contributed by atoms with Crippen molar-refractivity contribution in [3.05, 3.63) is 22.3 Å². The van der Waals surface area contributed by atoms with Gasteiger partial charge < -0.3 is 9.64 Å². The van der Waals surface area contributed by atoms with Crippen LogP contribution in [0.25, 0.3) is 0 Å². The third kappa shape index (κ3) is 2.92. The van der Waals surface area contributed by atoms with Gasteiger partial charge in [0.15, 0.2) is 0 Å². The molecule has 1 heterocycles. The summed E-state index contributed by atoms with van der Waals surface area (Å²) >= 11 is 3.44. The molecule has 0 atom stereocenters. The lowest BCUT2D eigenvalue weighted by molar-refractivity contribution is -0.138. The number of pyridine rings is 1. The van der Waals surface area contributed by atoms with Crippen LogP contribution in [0.1, 0.15) is 5.56 Å². The van der Waals surface area contributed by atoms with Crippen LogP contribution in [0.15, 0.2) is 16.7 Å². The molecule has 0 amide bonds. The number of rotatable bonds is 3. The van der Waals surface area contributed by atoms with E-state index < -0.39 is 0 Å². The number of halogens is 1. The molecule has 4 nitrogen and oxygen atoms in total. The SMILES string of the molecule is COC(=O)CN(C)c1nccc(C)c1Br. The van der Waals surface area contributed by atoms with Gasteiger partial charge in [-0.15, -0.1) is 0 Å². The fraction of sp³-hybridized carbons (Fsp3) is 0.400. The molecule has 0 fully saturated rings. The van der Waals surface area contributed by atoms with Crippen molar-refractivity contribution < 1.29 is 9.53 Å². The number of hydrogen-bond donors (Lipinski definition) is 0. The topological polar surface area (TPSA) is 42.4 Å². The van der Waals surface area contributed by atoms with Crippen LogP contribution in [-0.2, 0) is 9.53 Å². The molecule has 15 heavy (non-hydrogen) atoms. The molecule has 0 unspecified atom stereocenters. The summed E-state index contributed by atoms with van der Waals surface area (Å²) in [5.74, 6) is 0.452. The summed E-state index contributed by atoms with van der Waals surface area (Å²) < 4.78 is 5.49. The molecule has 0 aromatic carbocycles. The van der Waals surface area contributed by atoms with Crippen LogP contribution in [0.5, 0.6) is 0 Å². The normalized spacial score (nSPS) is 9.87. The number of nitrogens with zero attached hydrogens (tertiary/aromatic N) is 2. The largest absolute Gasteiger partial charge is 0.468 e. The van der Waals surface area contributed by atoms with Gasteiger partial charge >= 0.3 is 5.97 Å². The highest BCUT2D eigenvalue weighted by atomic mass is 79.9. The van der Waals surface area contributed by atoms with Gasteiger partial charge in [0.05, 0.1) is 11.6 Å². The Morgan fingerprint density at radius 1 is 1.67 bits per heavy atom. The summed E-state index contributed by atoms with van der Waals surface area (Å²) in [6.45, 7) is 2.16. The second-order valence-corrected chi connectivity index (χ2v) is 3.99. The number of aromatic nitrogens is 1. The molecular formula is C10H13BrN2O2. The molecule has 0 radical (unpaired) electrons. The van der Waals surface area contributed by atoms with E-state index in [0.717, 1.165) is 15.9 Å². The minimum atomic E-state index is -0.285. The van der Waals surface area contributed by atoms with Gasteiger partial charge in [0.2, 0.25) is 0 Å². The number of ether oxygens (including phenoxy) is 1. The number of anilines is 1. The van der Waals surface area contributed by atoms with Crippen molar-refractivity contribution in [3.63, 3.8) is 0 Å². The maximum absolute atomic E-state index is 11.1. The van der Waals surface area contributed by atoms with Crippen molar-refractivity contribution in [1.82, 2.24) is 4.98 Å². The van der Waals surface area contributed by atoms with Crippen molar-refractivity contribution in [3.8, 4) is 0 Å². The average molecular weight is 273 g/mol. The summed E-state index contributed by atoms with van der Waals surface area (Å²) in [5, 5.41) is 0. The van der Waals surface area contributed by atoms with Crippen molar-refractivity contribution >= 4 is 27.7 Å². The summed E-state index contributed by atoms with van der Waals surface area (Å²) in [7, 11) is 3.17. The number of hydrogen-bond acceptors (Lipinski definition) is 4. The minimum Gasteiger partial charge on any atom is -0.468 e.